The number of hydrogen-bond donors (Lipinski definition) is 1. The highest BCUT2D eigenvalue weighted by molar-refractivity contribution is 5.67. The first kappa shape index (κ1) is 13.7. The molecule has 0 aromatic rings. The number of likely N-dealkylation sites (tertiary alicyclic amines) is 1. The summed E-state index contributed by atoms with van der Waals surface area (Å²) in [6.07, 6.45) is 8.02. The lowest BCUT2D eigenvalue weighted by Crippen LogP contribution is -2.44. The van der Waals surface area contributed by atoms with Crippen molar-refractivity contribution < 1.29 is 9.53 Å². The maximum atomic E-state index is 11.8. The molecule has 2 rings (SSSR count). The first-order valence-electron chi connectivity index (χ1n) is 7.47. The van der Waals surface area contributed by atoms with Gasteiger partial charge in [-0.2, -0.15) is 0 Å². The molecule has 0 bridgehead atoms. The normalized spacial score (nSPS) is 26.8. The number of amides is 1. The van der Waals surface area contributed by atoms with Gasteiger partial charge in [-0.1, -0.05) is 26.2 Å². The second kappa shape index (κ2) is 6.98. The summed E-state index contributed by atoms with van der Waals surface area (Å²) in [7, 11) is 0. The molecule has 1 N–H and O–H groups in total. The van der Waals surface area contributed by atoms with Crippen molar-refractivity contribution in [2.45, 2.75) is 64.0 Å². The zero-order valence-electron chi connectivity index (χ0n) is 11.5. The van der Waals surface area contributed by atoms with Crippen LogP contribution in [0.1, 0.15) is 51.9 Å². The van der Waals surface area contributed by atoms with E-state index in [2.05, 4.69) is 17.1 Å². The molecule has 0 spiro atoms. The van der Waals surface area contributed by atoms with Crippen molar-refractivity contribution in [2.75, 3.05) is 19.6 Å². The lowest BCUT2D eigenvalue weighted by atomic mass is 9.96. The van der Waals surface area contributed by atoms with E-state index in [0.717, 1.165) is 45.3 Å². The van der Waals surface area contributed by atoms with Crippen LogP contribution in [-0.4, -0.2) is 42.8 Å². The van der Waals surface area contributed by atoms with Crippen LogP contribution in [0.2, 0.25) is 0 Å². The third-order valence-electron chi connectivity index (χ3n) is 4.11. The molecule has 2 fully saturated rings. The molecule has 1 atom stereocenters. The van der Waals surface area contributed by atoms with Crippen molar-refractivity contribution in [2.24, 2.45) is 0 Å². The Morgan fingerprint density at radius 3 is 2.72 bits per heavy atom. The van der Waals surface area contributed by atoms with Gasteiger partial charge in [-0.05, 0) is 38.8 Å². The van der Waals surface area contributed by atoms with Crippen molar-refractivity contribution in [1.82, 2.24) is 10.2 Å². The van der Waals surface area contributed by atoms with Crippen molar-refractivity contribution in [3.05, 3.63) is 0 Å². The van der Waals surface area contributed by atoms with E-state index in [1.807, 2.05) is 0 Å². The van der Waals surface area contributed by atoms with Crippen molar-refractivity contribution >= 4 is 6.09 Å². The lowest BCUT2D eigenvalue weighted by Gasteiger charge is -2.32. The molecular formula is C14H26N2O2. The quantitative estimate of drug-likeness (QED) is 0.841. The number of hydrogen-bond acceptors (Lipinski definition) is 3. The fourth-order valence-corrected chi connectivity index (χ4v) is 3.00. The zero-order chi connectivity index (χ0) is 12.8. The van der Waals surface area contributed by atoms with Crippen LogP contribution in [0.4, 0.5) is 4.79 Å². The predicted octanol–water partition coefficient (Wildman–Crippen LogP) is 2.53. The molecule has 1 amide bonds. The fraction of sp³-hybridized carbons (Fsp3) is 0.929. The Kier molecular flexibility index (Phi) is 5.29. The second-order valence-corrected chi connectivity index (χ2v) is 5.54. The standard InChI is InChI=1S/C14H26N2O2/c1-2-16-10-6-9-13(11-16)18-14(17)15-12-7-4-3-5-8-12/h12-13H,2-11H2,1H3,(H,15,17). The molecule has 1 heterocycles. The number of piperidine rings is 1. The number of carbonyl (C=O) groups is 1. The number of ether oxygens (including phenoxy) is 1. The van der Waals surface area contributed by atoms with Gasteiger partial charge in [0.2, 0.25) is 0 Å². The molecule has 0 aromatic heterocycles. The number of alkyl carbamates (subject to hydrolysis) is 1. The summed E-state index contributed by atoms with van der Waals surface area (Å²) in [5.41, 5.74) is 0. The second-order valence-electron chi connectivity index (χ2n) is 5.54. The Bertz CT molecular complexity index is 265. The summed E-state index contributed by atoms with van der Waals surface area (Å²) in [5.74, 6) is 0. The van der Waals surface area contributed by atoms with Crippen molar-refractivity contribution in [3.63, 3.8) is 0 Å². The monoisotopic (exact) mass is 254 g/mol. The van der Waals surface area contributed by atoms with Crippen LogP contribution in [0.15, 0.2) is 0 Å². The van der Waals surface area contributed by atoms with E-state index in [0.29, 0.717) is 6.04 Å². The Hall–Kier alpha value is -0.770. The van der Waals surface area contributed by atoms with E-state index < -0.39 is 0 Å². The van der Waals surface area contributed by atoms with Gasteiger partial charge in [-0.3, -0.25) is 4.90 Å². The highest BCUT2D eigenvalue weighted by atomic mass is 16.6. The average molecular weight is 254 g/mol. The fourth-order valence-electron chi connectivity index (χ4n) is 3.00. The van der Waals surface area contributed by atoms with Crippen LogP contribution in [0, 0.1) is 0 Å². The summed E-state index contributed by atoms with van der Waals surface area (Å²) in [6, 6.07) is 0.345. The van der Waals surface area contributed by atoms with E-state index in [1.165, 1.54) is 19.3 Å². The minimum absolute atomic E-state index is 0.0855. The zero-order valence-corrected chi connectivity index (χ0v) is 11.5. The molecule has 4 heteroatoms. The van der Waals surface area contributed by atoms with Gasteiger partial charge in [0.25, 0.3) is 0 Å². The molecule has 4 nitrogen and oxygen atoms in total. The molecule has 0 radical (unpaired) electrons. The Morgan fingerprint density at radius 2 is 2.00 bits per heavy atom. The maximum absolute atomic E-state index is 11.8. The lowest BCUT2D eigenvalue weighted by molar-refractivity contribution is 0.0417. The molecular weight excluding hydrogens is 228 g/mol. The predicted molar refractivity (Wildman–Crippen MR) is 71.6 cm³/mol. The molecule has 2 aliphatic rings. The van der Waals surface area contributed by atoms with Crippen LogP contribution in [0.25, 0.3) is 0 Å². The number of carbonyl (C=O) groups excluding carboxylic acids is 1. The summed E-state index contributed by atoms with van der Waals surface area (Å²) in [4.78, 5) is 14.2. The van der Waals surface area contributed by atoms with Gasteiger partial charge in [0.15, 0.2) is 0 Å². The molecule has 1 saturated carbocycles. The first-order chi connectivity index (χ1) is 8.78. The van der Waals surface area contributed by atoms with Crippen LogP contribution < -0.4 is 5.32 Å². The molecule has 1 saturated heterocycles. The Labute approximate surface area is 110 Å². The van der Waals surface area contributed by atoms with E-state index in [1.54, 1.807) is 0 Å². The van der Waals surface area contributed by atoms with Gasteiger partial charge in [0.1, 0.15) is 6.10 Å². The molecule has 104 valence electrons. The topological polar surface area (TPSA) is 41.6 Å². The maximum Gasteiger partial charge on any atom is 0.407 e. The summed E-state index contributed by atoms with van der Waals surface area (Å²) < 4.78 is 5.53. The minimum atomic E-state index is -0.204. The van der Waals surface area contributed by atoms with Crippen molar-refractivity contribution in [1.29, 1.82) is 0 Å². The number of nitrogens with one attached hydrogen (secondary N) is 1. The van der Waals surface area contributed by atoms with E-state index in [9.17, 15) is 4.79 Å². The van der Waals surface area contributed by atoms with E-state index in [4.69, 9.17) is 4.74 Å². The molecule has 18 heavy (non-hydrogen) atoms. The van der Waals surface area contributed by atoms with Gasteiger partial charge < -0.3 is 10.1 Å². The summed E-state index contributed by atoms with van der Waals surface area (Å²) in [6.45, 7) is 5.24. The summed E-state index contributed by atoms with van der Waals surface area (Å²) >= 11 is 0. The van der Waals surface area contributed by atoms with Crippen LogP contribution in [0.3, 0.4) is 0 Å². The number of likely N-dealkylation sites (N-methyl/N-ethyl adjacent to an activating group) is 1. The first-order valence-corrected chi connectivity index (χ1v) is 7.47. The summed E-state index contributed by atoms with van der Waals surface area (Å²) in [5, 5.41) is 3.02. The number of rotatable bonds is 3. The SMILES string of the molecule is CCN1CCCC(OC(=O)NC2CCCCC2)C1. The molecule has 0 aromatic carbocycles. The van der Waals surface area contributed by atoms with Crippen LogP contribution in [-0.2, 0) is 4.74 Å². The Balaban J connectivity index is 1.69. The van der Waals surface area contributed by atoms with E-state index in [-0.39, 0.29) is 12.2 Å². The number of nitrogens with zero attached hydrogens (tertiary/aromatic N) is 1. The van der Waals surface area contributed by atoms with Gasteiger partial charge >= 0.3 is 6.09 Å². The third-order valence-corrected chi connectivity index (χ3v) is 4.11. The van der Waals surface area contributed by atoms with Crippen molar-refractivity contribution in [3.8, 4) is 0 Å². The van der Waals surface area contributed by atoms with Gasteiger partial charge in [0.05, 0.1) is 0 Å². The Morgan fingerprint density at radius 1 is 1.22 bits per heavy atom. The van der Waals surface area contributed by atoms with Gasteiger partial charge in [0, 0.05) is 12.6 Å². The van der Waals surface area contributed by atoms with E-state index >= 15 is 0 Å². The molecule has 1 aliphatic carbocycles. The van der Waals surface area contributed by atoms with Gasteiger partial charge in [-0.15, -0.1) is 0 Å². The van der Waals surface area contributed by atoms with Crippen LogP contribution >= 0.6 is 0 Å². The molecule has 1 aliphatic heterocycles. The largest absolute Gasteiger partial charge is 0.445 e. The highest BCUT2D eigenvalue weighted by Gasteiger charge is 2.23. The molecule has 1 unspecified atom stereocenters. The van der Waals surface area contributed by atoms with Gasteiger partial charge in [-0.25, -0.2) is 4.79 Å². The smallest absolute Gasteiger partial charge is 0.407 e. The van der Waals surface area contributed by atoms with Crippen LogP contribution in [0.5, 0.6) is 0 Å². The highest BCUT2D eigenvalue weighted by Crippen LogP contribution is 2.18. The average Bonchev–Trinajstić information content (AvgIpc) is 2.40. The minimum Gasteiger partial charge on any atom is -0.445 e. The third kappa shape index (κ3) is 4.16.